The Bertz CT molecular complexity index is 1200. The number of carbonyl (C=O) groups excluding carboxylic acids is 1. The SMILES string of the molecule is CC(C)OC(=O)Nc1ccc(-c2c(C#N)c3ccc(OCCN(C)C)cc3n2C2CCC2)cc1. The summed E-state index contributed by atoms with van der Waals surface area (Å²) >= 11 is 0. The van der Waals surface area contributed by atoms with Gasteiger partial charge in [-0.15, -0.1) is 0 Å². The molecule has 178 valence electrons. The van der Waals surface area contributed by atoms with Crippen LogP contribution in [0.4, 0.5) is 10.5 Å². The molecule has 1 saturated carbocycles. The summed E-state index contributed by atoms with van der Waals surface area (Å²) < 4.78 is 13.5. The third-order valence-corrected chi connectivity index (χ3v) is 6.08. The normalized spacial score (nSPS) is 13.7. The number of amides is 1. The number of nitrogens with zero attached hydrogens (tertiary/aromatic N) is 3. The highest BCUT2D eigenvalue weighted by molar-refractivity contribution is 5.96. The smallest absolute Gasteiger partial charge is 0.411 e. The lowest BCUT2D eigenvalue weighted by atomic mass is 9.92. The number of likely N-dealkylation sites (N-methyl/N-ethyl adjacent to an activating group) is 1. The number of carbonyl (C=O) groups is 1. The fourth-order valence-corrected chi connectivity index (χ4v) is 4.22. The molecule has 1 amide bonds. The molecule has 1 heterocycles. The van der Waals surface area contributed by atoms with Crippen LogP contribution in [0.25, 0.3) is 22.2 Å². The molecule has 0 saturated heterocycles. The first-order valence-corrected chi connectivity index (χ1v) is 11.8. The van der Waals surface area contributed by atoms with Crippen LogP contribution in [-0.2, 0) is 4.74 Å². The molecule has 0 radical (unpaired) electrons. The molecule has 1 N–H and O–H groups in total. The van der Waals surface area contributed by atoms with Gasteiger partial charge in [-0.2, -0.15) is 5.26 Å². The fourth-order valence-electron chi connectivity index (χ4n) is 4.22. The van der Waals surface area contributed by atoms with E-state index in [2.05, 4.69) is 26.9 Å². The number of hydrogen-bond acceptors (Lipinski definition) is 5. The minimum Gasteiger partial charge on any atom is -0.492 e. The summed E-state index contributed by atoms with van der Waals surface area (Å²) in [6.07, 6.45) is 2.70. The zero-order chi connectivity index (χ0) is 24.2. The van der Waals surface area contributed by atoms with Gasteiger partial charge in [-0.1, -0.05) is 12.1 Å². The molecule has 1 aliphatic rings. The largest absolute Gasteiger partial charge is 0.492 e. The maximum Gasteiger partial charge on any atom is 0.411 e. The van der Waals surface area contributed by atoms with Crippen molar-refractivity contribution >= 4 is 22.7 Å². The molecule has 0 unspecified atom stereocenters. The van der Waals surface area contributed by atoms with Crippen LogP contribution in [0.1, 0.15) is 44.7 Å². The van der Waals surface area contributed by atoms with Crippen LogP contribution in [0.2, 0.25) is 0 Å². The number of hydrogen-bond donors (Lipinski definition) is 1. The summed E-state index contributed by atoms with van der Waals surface area (Å²) in [5, 5.41) is 13.8. The van der Waals surface area contributed by atoms with E-state index in [-0.39, 0.29) is 6.10 Å². The van der Waals surface area contributed by atoms with Crippen molar-refractivity contribution in [1.29, 1.82) is 5.26 Å². The van der Waals surface area contributed by atoms with Crippen molar-refractivity contribution in [2.75, 3.05) is 32.6 Å². The van der Waals surface area contributed by atoms with Gasteiger partial charge >= 0.3 is 6.09 Å². The summed E-state index contributed by atoms with van der Waals surface area (Å²) in [5.74, 6) is 0.812. The van der Waals surface area contributed by atoms with Crippen molar-refractivity contribution in [3.63, 3.8) is 0 Å². The van der Waals surface area contributed by atoms with E-state index < -0.39 is 6.09 Å². The number of nitrogens with one attached hydrogen (secondary N) is 1. The molecule has 7 heteroatoms. The van der Waals surface area contributed by atoms with Crippen LogP contribution >= 0.6 is 0 Å². The Kier molecular flexibility index (Phi) is 7.09. The first-order chi connectivity index (χ1) is 16.4. The van der Waals surface area contributed by atoms with E-state index in [4.69, 9.17) is 9.47 Å². The highest BCUT2D eigenvalue weighted by Crippen LogP contribution is 2.43. The average Bonchev–Trinajstić information content (AvgIpc) is 3.05. The second-order valence-electron chi connectivity index (χ2n) is 9.28. The summed E-state index contributed by atoms with van der Waals surface area (Å²) in [7, 11) is 4.04. The van der Waals surface area contributed by atoms with Gasteiger partial charge in [0.25, 0.3) is 0 Å². The summed E-state index contributed by atoms with van der Waals surface area (Å²) in [4.78, 5) is 14.0. The van der Waals surface area contributed by atoms with Gasteiger partial charge in [0.2, 0.25) is 0 Å². The molecular formula is C27H32N4O3. The molecule has 1 aromatic heterocycles. The Morgan fingerprint density at radius 1 is 1.21 bits per heavy atom. The van der Waals surface area contributed by atoms with E-state index in [1.165, 1.54) is 6.42 Å². The number of nitriles is 1. The number of anilines is 1. The lowest BCUT2D eigenvalue weighted by Crippen LogP contribution is -2.19. The first kappa shape index (κ1) is 23.7. The summed E-state index contributed by atoms with van der Waals surface area (Å²) in [5.41, 5.74) is 4.21. The Balaban J connectivity index is 1.71. The molecule has 1 fully saturated rings. The highest BCUT2D eigenvalue weighted by atomic mass is 16.6. The summed E-state index contributed by atoms with van der Waals surface area (Å²) in [6.45, 7) is 5.06. The zero-order valence-electron chi connectivity index (χ0n) is 20.3. The Labute approximate surface area is 200 Å². The molecular weight excluding hydrogens is 428 g/mol. The lowest BCUT2D eigenvalue weighted by molar-refractivity contribution is 0.130. The van der Waals surface area contributed by atoms with Gasteiger partial charge in [0.1, 0.15) is 18.4 Å². The number of aromatic nitrogens is 1. The molecule has 34 heavy (non-hydrogen) atoms. The number of ether oxygens (including phenoxy) is 2. The Morgan fingerprint density at radius 2 is 1.94 bits per heavy atom. The molecule has 0 aliphatic heterocycles. The fraction of sp³-hybridized carbons (Fsp3) is 0.407. The first-order valence-electron chi connectivity index (χ1n) is 11.8. The van der Waals surface area contributed by atoms with Crippen LogP contribution in [0, 0.1) is 11.3 Å². The maximum absolute atomic E-state index is 11.9. The Morgan fingerprint density at radius 3 is 2.53 bits per heavy atom. The minimum absolute atomic E-state index is 0.188. The van der Waals surface area contributed by atoms with E-state index in [1.54, 1.807) is 0 Å². The lowest BCUT2D eigenvalue weighted by Gasteiger charge is -2.30. The van der Waals surface area contributed by atoms with Gasteiger partial charge in [-0.25, -0.2) is 4.79 Å². The molecule has 1 aliphatic carbocycles. The quantitative estimate of drug-likeness (QED) is 0.459. The average molecular weight is 461 g/mol. The second kappa shape index (κ2) is 10.2. The summed E-state index contributed by atoms with van der Waals surface area (Å²) in [6, 6.07) is 16.4. The van der Waals surface area contributed by atoms with E-state index in [0.29, 0.717) is 23.9 Å². The topological polar surface area (TPSA) is 79.5 Å². The van der Waals surface area contributed by atoms with E-state index >= 15 is 0 Å². The van der Waals surface area contributed by atoms with Crippen LogP contribution in [-0.4, -0.2) is 48.9 Å². The van der Waals surface area contributed by atoms with Crippen LogP contribution in [0.3, 0.4) is 0 Å². The van der Waals surface area contributed by atoms with Gasteiger partial charge in [0.05, 0.1) is 22.9 Å². The predicted octanol–water partition coefficient (Wildman–Crippen LogP) is 5.80. The Hall–Kier alpha value is -3.50. The third-order valence-electron chi connectivity index (χ3n) is 6.08. The van der Waals surface area contributed by atoms with Crippen molar-refractivity contribution in [3.8, 4) is 23.1 Å². The highest BCUT2D eigenvalue weighted by Gasteiger charge is 2.28. The van der Waals surface area contributed by atoms with Crippen LogP contribution < -0.4 is 10.1 Å². The van der Waals surface area contributed by atoms with Crippen LogP contribution in [0.5, 0.6) is 5.75 Å². The number of rotatable bonds is 8. The molecule has 0 bridgehead atoms. The van der Waals surface area contributed by atoms with Gasteiger partial charge in [0.15, 0.2) is 0 Å². The minimum atomic E-state index is -0.481. The van der Waals surface area contributed by atoms with Crippen molar-refractivity contribution in [2.45, 2.75) is 45.3 Å². The standard InChI is InChI=1S/C27H32N4O3/c1-18(2)34-27(32)29-20-10-8-19(9-11-20)26-24(17-28)23-13-12-22(33-15-14-30(3)4)16-25(23)31(26)21-6-5-7-21/h8-13,16,18,21H,5-7,14-15H2,1-4H3,(H,29,32). The van der Waals surface area contributed by atoms with Gasteiger partial charge in [-0.3, -0.25) is 5.32 Å². The van der Waals surface area contributed by atoms with Gasteiger partial charge < -0.3 is 18.9 Å². The maximum atomic E-state index is 11.9. The molecule has 7 nitrogen and oxygen atoms in total. The van der Waals surface area contributed by atoms with E-state index in [9.17, 15) is 10.1 Å². The number of fused-ring (bicyclic) bond motifs is 1. The van der Waals surface area contributed by atoms with Crippen molar-refractivity contribution in [3.05, 3.63) is 48.0 Å². The molecule has 2 aromatic carbocycles. The third kappa shape index (κ3) is 5.02. The van der Waals surface area contributed by atoms with E-state index in [1.807, 2.05) is 64.3 Å². The molecule has 0 spiro atoms. The van der Waals surface area contributed by atoms with Crippen molar-refractivity contribution in [2.24, 2.45) is 0 Å². The number of benzene rings is 2. The van der Waals surface area contributed by atoms with Gasteiger partial charge in [0, 0.05) is 29.7 Å². The zero-order valence-corrected chi connectivity index (χ0v) is 20.3. The van der Waals surface area contributed by atoms with Crippen LogP contribution in [0.15, 0.2) is 42.5 Å². The van der Waals surface area contributed by atoms with Crippen molar-refractivity contribution in [1.82, 2.24) is 9.47 Å². The predicted molar refractivity (Wildman–Crippen MR) is 134 cm³/mol. The second-order valence-corrected chi connectivity index (χ2v) is 9.28. The molecule has 3 aromatic rings. The van der Waals surface area contributed by atoms with E-state index in [0.717, 1.165) is 47.3 Å². The molecule has 4 rings (SSSR count). The van der Waals surface area contributed by atoms with Gasteiger partial charge in [-0.05, 0) is 77.0 Å². The monoisotopic (exact) mass is 460 g/mol. The van der Waals surface area contributed by atoms with Crippen molar-refractivity contribution < 1.29 is 14.3 Å². The molecule has 0 atom stereocenters.